The molecule has 4 nitrogen and oxygen atoms in total. The Kier molecular flexibility index (Phi) is 5.05. The fraction of sp³-hybridized carbons (Fsp3) is 0.429. The lowest BCUT2D eigenvalue weighted by molar-refractivity contribution is -0.143. The van der Waals surface area contributed by atoms with Gasteiger partial charge in [-0.15, -0.1) is 0 Å². The molecule has 0 atom stereocenters. The molecule has 0 unspecified atom stereocenters. The molecule has 108 valence electrons. The number of carbonyl (C=O) groups is 2. The van der Waals surface area contributed by atoms with E-state index < -0.39 is 5.97 Å². The third kappa shape index (κ3) is 3.73. The molecule has 1 aliphatic rings. The predicted octanol–water partition coefficient (Wildman–Crippen LogP) is 3.93. The maximum atomic E-state index is 12.2. The van der Waals surface area contributed by atoms with Gasteiger partial charge in [0.15, 0.2) is 0 Å². The van der Waals surface area contributed by atoms with Gasteiger partial charge >= 0.3 is 5.97 Å². The molecule has 1 aromatic carbocycles. The van der Waals surface area contributed by atoms with Crippen LogP contribution in [0.15, 0.2) is 22.7 Å². The van der Waals surface area contributed by atoms with Gasteiger partial charge in [-0.1, -0.05) is 27.5 Å². The molecule has 20 heavy (non-hydrogen) atoms. The molecular formula is C14H15BrClNO3. The van der Waals surface area contributed by atoms with E-state index in [1.54, 1.807) is 18.2 Å². The molecule has 1 saturated carbocycles. The number of hydrogen-bond acceptors (Lipinski definition) is 2. The van der Waals surface area contributed by atoms with E-state index in [0.29, 0.717) is 36.4 Å². The molecule has 0 radical (unpaired) electrons. The summed E-state index contributed by atoms with van der Waals surface area (Å²) in [5, 5.41) is 12.2. The van der Waals surface area contributed by atoms with Crippen molar-refractivity contribution in [2.24, 2.45) is 11.8 Å². The zero-order valence-corrected chi connectivity index (χ0v) is 13.1. The SMILES string of the molecule is O=C(O)C1CCC(C(=O)Nc2cc(Br)ccc2Cl)CC1. The monoisotopic (exact) mass is 359 g/mol. The number of nitrogens with one attached hydrogen (secondary N) is 1. The van der Waals surface area contributed by atoms with Gasteiger partial charge in [-0.3, -0.25) is 9.59 Å². The highest BCUT2D eigenvalue weighted by molar-refractivity contribution is 9.10. The first-order valence-corrected chi connectivity index (χ1v) is 7.63. The number of aliphatic carboxylic acids is 1. The van der Waals surface area contributed by atoms with Crippen LogP contribution in [0.3, 0.4) is 0 Å². The number of anilines is 1. The fourth-order valence-corrected chi connectivity index (χ4v) is 2.96. The highest BCUT2D eigenvalue weighted by Crippen LogP contribution is 2.31. The van der Waals surface area contributed by atoms with Gasteiger partial charge in [0.2, 0.25) is 5.91 Å². The van der Waals surface area contributed by atoms with E-state index in [1.807, 2.05) is 0 Å². The van der Waals surface area contributed by atoms with Crippen LogP contribution in [0.4, 0.5) is 5.69 Å². The number of benzene rings is 1. The predicted molar refractivity (Wildman–Crippen MR) is 80.9 cm³/mol. The van der Waals surface area contributed by atoms with E-state index in [-0.39, 0.29) is 17.7 Å². The summed E-state index contributed by atoms with van der Waals surface area (Å²) in [5.74, 6) is -1.30. The molecule has 2 rings (SSSR count). The largest absolute Gasteiger partial charge is 0.481 e. The Morgan fingerprint density at radius 2 is 1.80 bits per heavy atom. The standard InChI is InChI=1S/C14H15BrClNO3/c15-10-5-6-11(16)12(7-10)17-13(18)8-1-3-9(4-2-8)14(19)20/h5-9H,1-4H2,(H,17,18)(H,19,20). The second-order valence-electron chi connectivity index (χ2n) is 5.00. The summed E-state index contributed by atoms with van der Waals surface area (Å²) in [7, 11) is 0. The Hall–Kier alpha value is -1.07. The van der Waals surface area contributed by atoms with Crippen molar-refractivity contribution in [1.82, 2.24) is 0 Å². The molecule has 1 aromatic rings. The van der Waals surface area contributed by atoms with Gasteiger partial charge in [-0.25, -0.2) is 0 Å². The molecule has 1 aliphatic carbocycles. The summed E-state index contributed by atoms with van der Waals surface area (Å²) in [4.78, 5) is 23.1. The Bertz CT molecular complexity index is 527. The molecule has 1 fully saturated rings. The van der Waals surface area contributed by atoms with Crippen molar-refractivity contribution in [1.29, 1.82) is 0 Å². The second-order valence-corrected chi connectivity index (χ2v) is 6.32. The van der Waals surface area contributed by atoms with Crippen molar-refractivity contribution in [3.8, 4) is 0 Å². The molecule has 0 aliphatic heterocycles. The highest BCUT2D eigenvalue weighted by Gasteiger charge is 2.29. The lowest BCUT2D eigenvalue weighted by atomic mass is 9.81. The summed E-state index contributed by atoms with van der Waals surface area (Å²) >= 11 is 9.36. The van der Waals surface area contributed by atoms with Gasteiger partial charge < -0.3 is 10.4 Å². The quantitative estimate of drug-likeness (QED) is 0.858. The van der Waals surface area contributed by atoms with Gasteiger partial charge in [-0.2, -0.15) is 0 Å². The number of rotatable bonds is 3. The minimum Gasteiger partial charge on any atom is -0.481 e. The smallest absolute Gasteiger partial charge is 0.306 e. The van der Waals surface area contributed by atoms with Crippen molar-refractivity contribution in [3.63, 3.8) is 0 Å². The maximum Gasteiger partial charge on any atom is 0.306 e. The van der Waals surface area contributed by atoms with E-state index >= 15 is 0 Å². The molecule has 0 heterocycles. The van der Waals surface area contributed by atoms with Crippen molar-refractivity contribution in [3.05, 3.63) is 27.7 Å². The zero-order valence-electron chi connectivity index (χ0n) is 10.7. The van der Waals surface area contributed by atoms with Crippen LogP contribution in [-0.2, 0) is 9.59 Å². The fourth-order valence-electron chi connectivity index (χ4n) is 2.43. The number of carboxylic acid groups (broad SMARTS) is 1. The Labute approximate surface area is 130 Å². The van der Waals surface area contributed by atoms with Crippen LogP contribution < -0.4 is 5.32 Å². The van der Waals surface area contributed by atoms with Crippen LogP contribution in [0, 0.1) is 11.8 Å². The van der Waals surface area contributed by atoms with Crippen molar-refractivity contribution < 1.29 is 14.7 Å². The third-order valence-corrected chi connectivity index (χ3v) is 4.46. The molecule has 0 bridgehead atoms. The van der Waals surface area contributed by atoms with Crippen LogP contribution >= 0.6 is 27.5 Å². The van der Waals surface area contributed by atoms with Gasteiger partial charge in [0.25, 0.3) is 0 Å². The van der Waals surface area contributed by atoms with Gasteiger partial charge in [0, 0.05) is 10.4 Å². The third-order valence-electron chi connectivity index (χ3n) is 3.63. The van der Waals surface area contributed by atoms with Gasteiger partial charge in [0.05, 0.1) is 16.6 Å². The van der Waals surface area contributed by atoms with Crippen molar-refractivity contribution in [2.45, 2.75) is 25.7 Å². The van der Waals surface area contributed by atoms with Crippen molar-refractivity contribution >= 4 is 45.1 Å². The van der Waals surface area contributed by atoms with Crippen LogP contribution in [0.2, 0.25) is 5.02 Å². The first-order chi connectivity index (χ1) is 9.47. The molecule has 6 heteroatoms. The normalized spacial score (nSPS) is 22.3. The molecular weight excluding hydrogens is 346 g/mol. The molecule has 0 saturated heterocycles. The summed E-state index contributed by atoms with van der Waals surface area (Å²) < 4.78 is 0.840. The molecule has 0 aromatic heterocycles. The first-order valence-electron chi connectivity index (χ1n) is 6.46. The number of hydrogen-bond donors (Lipinski definition) is 2. The Morgan fingerprint density at radius 3 is 2.40 bits per heavy atom. The molecule has 0 spiro atoms. The summed E-state index contributed by atoms with van der Waals surface area (Å²) in [6, 6.07) is 5.27. The number of carboxylic acids is 1. The Morgan fingerprint density at radius 1 is 1.20 bits per heavy atom. The van der Waals surface area contributed by atoms with Crippen LogP contribution in [0.25, 0.3) is 0 Å². The summed E-state index contributed by atoms with van der Waals surface area (Å²) in [6.45, 7) is 0. The van der Waals surface area contributed by atoms with E-state index in [0.717, 1.165) is 4.47 Å². The van der Waals surface area contributed by atoms with E-state index in [2.05, 4.69) is 21.2 Å². The molecule has 1 amide bonds. The minimum absolute atomic E-state index is 0.0890. The van der Waals surface area contributed by atoms with Crippen LogP contribution in [-0.4, -0.2) is 17.0 Å². The Balaban J connectivity index is 1.96. The number of carbonyl (C=O) groups excluding carboxylic acids is 1. The van der Waals surface area contributed by atoms with Gasteiger partial charge in [0.1, 0.15) is 0 Å². The first kappa shape index (κ1) is 15.3. The van der Waals surface area contributed by atoms with E-state index in [4.69, 9.17) is 16.7 Å². The highest BCUT2D eigenvalue weighted by atomic mass is 79.9. The average molecular weight is 361 g/mol. The average Bonchev–Trinajstić information content (AvgIpc) is 2.43. The van der Waals surface area contributed by atoms with Gasteiger partial charge in [-0.05, 0) is 43.9 Å². The van der Waals surface area contributed by atoms with Crippen LogP contribution in [0.5, 0.6) is 0 Å². The van der Waals surface area contributed by atoms with Crippen molar-refractivity contribution in [2.75, 3.05) is 5.32 Å². The summed E-state index contributed by atoms with van der Waals surface area (Å²) in [6.07, 6.45) is 2.32. The second kappa shape index (κ2) is 6.59. The minimum atomic E-state index is -0.765. The maximum absolute atomic E-state index is 12.2. The topological polar surface area (TPSA) is 66.4 Å². The zero-order chi connectivity index (χ0) is 14.7. The molecule has 2 N–H and O–H groups in total. The van der Waals surface area contributed by atoms with Crippen LogP contribution in [0.1, 0.15) is 25.7 Å². The number of amides is 1. The van der Waals surface area contributed by atoms with E-state index in [1.165, 1.54) is 0 Å². The lowest BCUT2D eigenvalue weighted by Gasteiger charge is -2.25. The van der Waals surface area contributed by atoms with E-state index in [9.17, 15) is 9.59 Å². The lowest BCUT2D eigenvalue weighted by Crippen LogP contribution is -2.29. The summed E-state index contributed by atoms with van der Waals surface area (Å²) in [5.41, 5.74) is 0.575. The number of halogens is 2.